The highest BCUT2D eigenvalue weighted by atomic mass is 32.1. The number of aromatic nitrogens is 1. The molecular formula is C17H18N2O4S. The minimum Gasteiger partial charge on any atom is -0.484 e. The molecule has 0 fully saturated rings. The zero-order valence-corrected chi connectivity index (χ0v) is 14.5. The van der Waals surface area contributed by atoms with Crippen molar-refractivity contribution in [2.24, 2.45) is 4.99 Å². The maximum Gasteiger partial charge on any atom is 0.356 e. The third kappa shape index (κ3) is 4.73. The minimum absolute atomic E-state index is 0.165. The zero-order chi connectivity index (χ0) is 17.5. The number of ether oxygens (including phenoxy) is 2. The van der Waals surface area contributed by atoms with Crippen LogP contribution in [-0.4, -0.2) is 24.3 Å². The van der Waals surface area contributed by atoms with Crippen LogP contribution in [0, 0.1) is 0 Å². The van der Waals surface area contributed by atoms with E-state index in [0.717, 1.165) is 5.57 Å². The Morgan fingerprint density at radius 3 is 2.67 bits per heavy atom. The van der Waals surface area contributed by atoms with Gasteiger partial charge < -0.3 is 13.9 Å². The molecule has 0 saturated heterocycles. The first-order valence-electron chi connectivity index (χ1n) is 7.17. The Hall–Kier alpha value is -2.54. The molecule has 0 bridgehead atoms. The molecule has 0 atom stereocenters. The fourth-order valence-electron chi connectivity index (χ4n) is 1.78. The molecule has 1 aromatic carbocycles. The second kappa shape index (κ2) is 8.35. The molecule has 0 saturated carbocycles. The Labute approximate surface area is 145 Å². The summed E-state index contributed by atoms with van der Waals surface area (Å²) in [6.45, 7) is 3.71. The maximum atomic E-state index is 11.6. The molecule has 0 radical (unpaired) electrons. The number of carbonyl (C=O) groups excluding carboxylic acids is 1. The highest BCUT2D eigenvalue weighted by Crippen LogP contribution is 2.17. The normalized spacial score (nSPS) is 10.7. The summed E-state index contributed by atoms with van der Waals surface area (Å²) >= 11 is 4.22. The molecule has 24 heavy (non-hydrogen) atoms. The molecule has 0 aliphatic heterocycles. The largest absolute Gasteiger partial charge is 0.484 e. The van der Waals surface area contributed by atoms with Crippen LogP contribution in [0.1, 0.15) is 25.4 Å². The summed E-state index contributed by atoms with van der Waals surface area (Å²) in [6.07, 6.45) is 1.41. The number of oxazole rings is 1. The molecule has 6 nitrogen and oxygen atoms in total. The highest BCUT2D eigenvalue weighted by Gasteiger charge is 2.12. The molecule has 0 aliphatic carbocycles. The first-order chi connectivity index (χ1) is 11.5. The lowest BCUT2D eigenvalue weighted by Crippen LogP contribution is -2.05. The molecule has 126 valence electrons. The van der Waals surface area contributed by atoms with Crippen molar-refractivity contribution in [3.8, 4) is 5.75 Å². The number of thiol groups is 1. The van der Waals surface area contributed by atoms with Gasteiger partial charge in [0.2, 0.25) is 5.89 Å². The predicted molar refractivity (Wildman–Crippen MR) is 92.5 cm³/mol. The van der Waals surface area contributed by atoms with Gasteiger partial charge in [0.1, 0.15) is 17.1 Å². The van der Waals surface area contributed by atoms with Gasteiger partial charge in [-0.05, 0) is 31.6 Å². The van der Waals surface area contributed by atoms with Crippen molar-refractivity contribution in [2.45, 2.75) is 25.5 Å². The SMILES string of the molecule is COC(=O)C(N=Cc1nc(COc2ccccc2)oc1S)=C(C)C. The Morgan fingerprint density at radius 2 is 2.04 bits per heavy atom. The van der Waals surface area contributed by atoms with Gasteiger partial charge in [-0.1, -0.05) is 18.2 Å². The number of methoxy groups -OCH3 is 1. The van der Waals surface area contributed by atoms with E-state index in [-0.39, 0.29) is 12.3 Å². The summed E-state index contributed by atoms with van der Waals surface area (Å²) in [5.74, 6) is 0.564. The van der Waals surface area contributed by atoms with Gasteiger partial charge in [0.15, 0.2) is 11.7 Å². The molecule has 2 rings (SSSR count). The number of aliphatic imine (C=N–C) groups is 1. The van der Waals surface area contributed by atoms with E-state index in [9.17, 15) is 4.79 Å². The fourth-order valence-corrected chi connectivity index (χ4v) is 2.00. The first kappa shape index (κ1) is 17.8. The summed E-state index contributed by atoms with van der Waals surface area (Å²) in [5, 5.41) is 0.295. The molecule has 0 unspecified atom stereocenters. The van der Waals surface area contributed by atoms with Crippen molar-refractivity contribution in [2.75, 3.05) is 7.11 Å². The van der Waals surface area contributed by atoms with Crippen LogP contribution in [0.4, 0.5) is 0 Å². The van der Waals surface area contributed by atoms with Crippen molar-refractivity contribution in [1.29, 1.82) is 0 Å². The van der Waals surface area contributed by atoms with Crippen LogP contribution in [0.2, 0.25) is 0 Å². The Bertz CT molecular complexity index is 762. The molecule has 1 aromatic heterocycles. The smallest absolute Gasteiger partial charge is 0.356 e. The second-order valence-electron chi connectivity index (χ2n) is 5.00. The molecule has 2 aromatic rings. The van der Waals surface area contributed by atoms with Crippen molar-refractivity contribution in [1.82, 2.24) is 4.98 Å². The van der Waals surface area contributed by atoms with Crippen molar-refractivity contribution >= 4 is 24.8 Å². The molecule has 0 amide bonds. The van der Waals surface area contributed by atoms with E-state index in [1.807, 2.05) is 30.3 Å². The summed E-state index contributed by atoms with van der Waals surface area (Å²) in [4.78, 5) is 20.0. The number of allylic oxidation sites excluding steroid dienone is 1. The summed E-state index contributed by atoms with van der Waals surface area (Å²) in [5.41, 5.74) is 1.36. The number of esters is 1. The van der Waals surface area contributed by atoms with E-state index in [0.29, 0.717) is 22.4 Å². The van der Waals surface area contributed by atoms with E-state index in [2.05, 4.69) is 22.6 Å². The van der Waals surface area contributed by atoms with Crippen LogP contribution in [0.25, 0.3) is 0 Å². The van der Waals surface area contributed by atoms with Gasteiger partial charge in [-0.2, -0.15) is 0 Å². The molecular weight excluding hydrogens is 328 g/mol. The number of benzene rings is 1. The number of para-hydroxylation sites is 1. The quantitative estimate of drug-likeness (QED) is 0.375. The van der Waals surface area contributed by atoms with E-state index >= 15 is 0 Å². The molecule has 7 heteroatoms. The van der Waals surface area contributed by atoms with Crippen LogP contribution in [-0.2, 0) is 16.1 Å². The number of rotatable bonds is 6. The lowest BCUT2D eigenvalue weighted by Gasteiger charge is -2.01. The lowest BCUT2D eigenvalue weighted by molar-refractivity contribution is -0.136. The van der Waals surface area contributed by atoms with E-state index in [1.54, 1.807) is 13.8 Å². The van der Waals surface area contributed by atoms with Gasteiger partial charge in [-0.3, -0.25) is 0 Å². The number of nitrogens with zero attached hydrogens (tertiary/aromatic N) is 2. The first-order valence-corrected chi connectivity index (χ1v) is 7.62. The van der Waals surface area contributed by atoms with Crippen molar-refractivity contribution < 1.29 is 18.7 Å². The van der Waals surface area contributed by atoms with E-state index < -0.39 is 5.97 Å². The standard InChI is InChI=1S/C17H18N2O4S/c1-11(2)15(16(20)21-3)18-9-13-17(24)23-14(19-13)10-22-12-7-5-4-6-8-12/h4-9,24H,10H2,1-3H3. The van der Waals surface area contributed by atoms with Gasteiger partial charge in [-0.15, -0.1) is 12.6 Å². The topological polar surface area (TPSA) is 73.9 Å². The van der Waals surface area contributed by atoms with Gasteiger partial charge >= 0.3 is 5.97 Å². The summed E-state index contributed by atoms with van der Waals surface area (Å²) in [6, 6.07) is 9.33. The third-order valence-corrected chi connectivity index (χ3v) is 3.27. The molecule has 0 spiro atoms. The third-order valence-electron chi connectivity index (χ3n) is 2.95. The van der Waals surface area contributed by atoms with Crippen LogP contribution in [0.5, 0.6) is 5.75 Å². The van der Waals surface area contributed by atoms with Gasteiger partial charge in [-0.25, -0.2) is 14.8 Å². The number of hydrogen-bond acceptors (Lipinski definition) is 7. The monoisotopic (exact) mass is 346 g/mol. The number of hydrogen-bond donors (Lipinski definition) is 1. The van der Waals surface area contributed by atoms with Gasteiger partial charge in [0.25, 0.3) is 0 Å². The zero-order valence-electron chi connectivity index (χ0n) is 13.6. The van der Waals surface area contributed by atoms with Crippen LogP contribution in [0.3, 0.4) is 0 Å². The van der Waals surface area contributed by atoms with Crippen LogP contribution >= 0.6 is 12.6 Å². The van der Waals surface area contributed by atoms with Crippen LogP contribution < -0.4 is 4.74 Å². The predicted octanol–water partition coefficient (Wildman–Crippen LogP) is 3.43. The molecule has 1 heterocycles. The van der Waals surface area contributed by atoms with Crippen molar-refractivity contribution in [3.63, 3.8) is 0 Å². The van der Waals surface area contributed by atoms with Gasteiger partial charge in [0.05, 0.1) is 13.3 Å². The Morgan fingerprint density at radius 1 is 1.33 bits per heavy atom. The molecule has 0 aliphatic rings. The maximum absolute atomic E-state index is 11.6. The van der Waals surface area contributed by atoms with Crippen LogP contribution in [0.15, 0.2) is 56.1 Å². The van der Waals surface area contributed by atoms with Crippen molar-refractivity contribution in [3.05, 3.63) is 53.2 Å². The molecule has 0 N–H and O–H groups in total. The van der Waals surface area contributed by atoms with Gasteiger partial charge in [0, 0.05) is 0 Å². The Balaban J connectivity index is 2.09. The lowest BCUT2D eigenvalue weighted by atomic mass is 10.2. The fraction of sp³-hybridized carbons (Fsp3) is 0.235. The summed E-state index contributed by atoms with van der Waals surface area (Å²) in [7, 11) is 1.31. The average molecular weight is 346 g/mol. The highest BCUT2D eigenvalue weighted by molar-refractivity contribution is 7.80. The Kier molecular flexibility index (Phi) is 6.20. The van der Waals surface area contributed by atoms with E-state index in [4.69, 9.17) is 13.9 Å². The minimum atomic E-state index is -0.511. The number of carbonyl (C=O) groups is 1. The average Bonchev–Trinajstić information content (AvgIpc) is 2.93. The summed E-state index contributed by atoms with van der Waals surface area (Å²) < 4.78 is 15.7. The van der Waals surface area contributed by atoms with E-state index in [1.165, 1.54) is 13.3 Å². The second-order valence-corrected chi connectivity index (χ2v) is 5.40.